The van der Waals surface area contributed by atoms with E-state index in [9.17, 15) is 4.79 Å². The molecule has 1 fully saturated rings. The van der Waals surface area contributed by atoms with E-state index in [2.05, 4.69) is 20.0 Å². The van der Waals surface area contributed by atoms with Crippen molar-refractivity contribution in [3.63, 3.8) is 0 Å². The second kappa shape index (κ2) is 7.08. The number of hydrogen-bond donors (Lipinski definition) is 0. The van der Waals surface area contributed by atoms with Gasteiger partial charge < -0.3 is 14.5 Å². The fraction of sp³-hybridized carbons (Fsp3) is 0.529. The van der Waals surface area contributed by atoms with E-state index in [1.54, 1.807) is 4.68 Å². The number of nitrogens with zero attached hydrogens (tertiary/aromatic N) is 6. The SMILES string of the molecule is CCOc1cc(C)nc(N2CCN(C(=O)c3cc(C)n(C)n3)CC2)n1. The Morgan fingerprint density at radius 1 is 1.16 bits per heavy atom. The standard InChI is InChI=1S/C17H24N6O2/c1-5-25-15-10-12(2)18-17(19-15)23-8-6-22(7-9-23)16(24)14-11-13(3)21(4)20-14/h10-11H,5-9H2,1-4H3. The summed E-state index contributed by atoms with van der Waals surface area (Å²) in [5.74, 6) is 1.22. The molecule has 8 nitrogen and oxygen atoms in total. The molecule has 0 N–H and O–H groups in total. The summed E-state index contributed by atoms with van der Waals surface area (Å²) < 4.78 is 7.22. The third-order valence-electron chi connectivity index (χ3n) is 4.29. The van der Waals surface area contributed by atoms with Gasteiger partial charge in [-0.1, -0.05) is 0 Å². The van der Waals surface area contributed by atoms with Crippen LogP contribution in [0.15, 0.2) is 12.1 Å². The number of rotatable bonds is 4. The molecule has 3 rings (SSSR count). The van der Waals surface area contributed by atoms with Gasteiger partial charge in [0.15, 0.2) is 5.69 Å². The van der Waals surface area contributed by atoms with Gasteiger partial charge in [-0.25, -0.2) is 4.98 Å². The van der Waals surface area contributed by atoms with E-state index in [1.807, 2.05) is 44.9 Å². The summed E-state index contributed by atoms with van der Waals surface area (Å²) in [6, 6.07) is 3.66. The average Bonchev–Trinajstić information content (AvgIpc) is 2.93. The number of ether oxygens (including phenoxy) is 1. The molecule has 2 aromatic rings. The van der Waals surface area contributed by atoms with Gasteiger partial charge in [0.25, 0.3) is 5.91 Å². The lowest BCUT2D eigenvalue weighted by Gasteiger charge is -2.34. The normalized spacial score (nSPS) is 14.7. The van der Waals surface area contributed by atoms with Gasteiger partial charge in [-0.3, -0.25) is 9.48 Å². The van der Waals surface area contributed by atoms with Crippen LogP contribution >= 0.6 is 0 Å². The Labute approximate surface area is 147 Å². The number of aryl methyl sites for hydroxylation is 3. The summed E-state index contributed by atoms with van der Waals surface area (Å²) in [4.78, 5) is 25.5. The number of amides is 1. The van der Waals surface area contributed by atoms with Gasteiger partial charge in [0.05, 0.1) is 6.61 Å². The second-order valence-corrected chi connectivity index (χ2v) is 6.15. The summed E-state index contributed by atoms with van der Waals surface area (Å²) >= 11 is 0. The highest BCUT2D eigenvalue weighted by Gasteiger charge is 2.25. The van der Waals surface area contributed by atoms with Gasteiger partial charge in [0, 0.05) is 50.7 Å². The molecule has 0 aliphatic carbocycles. The quantitative estimate of drug-likeness (QED) is 0.829. The molecule has 1 amide bonds. The van der Waals surface area contributed by atoms with Crippen LogP contribution in [0.2, 0.25) is 0 Å². The molecule has 0 saturated carbocycles. The Bertz CT molecular complexity index is 745. The van der Waals surface area contributed by atoms with Crippen LogP contribution < -0.4 is 9.64 Å². The summed E-state index contributed by atoms with van der Waals surface area (Å²) in [6.07, 6.45) is 0. The Kier molecular flexibility index (Phi) is 4.87. The first kappa shape index (κ1) is 17.2. The van der Waals surface area contributed by atoms with Crippen LogP contribution in [0.4, 0.5) is 5.95 Å². The van der Waals surface area contributed by atoms with Gasteiger partial charge in [0.2, 0.25) is 11.8 Å². The smallest absolute Gasteiger partial charge is 0.274 e. The molecule has 0 unspecified atom stereocenters. The minimum atomic E-state index is -0.0245. The summed E-state index contributed by atoms with van der Waals surface area (Å²) in [7, 11) is 1.84. The van der Waals surface area contributed by atoms with E-state index in [-0.39, 0.29) is 5.91 Å². The van der Waals surface area contributed by atoms with Crippen molar-refractivity contribution in [2.45, 2.75) is 20.8 Å². The minimum absolute atomic E-state index is 0.0245. The lowest BCUT2D eigenvalue weighted by atomic mass is 10.2. The van der Waals surface area contributed by atoms with Crippen molar-refractivity contribution in [3.8, 4) is 5.88 Å². The molecule has 8 heteroatoms. The van der Waals surface area contributed by atoms with E-state index in [0.717, 1.165) is 11.4 Å². The molecule has 25 heavy (non-hydrogen) atoms. The maximum Gasteiger partial charge on any atom is 0.274 e. The third-order valence-corrected chi connectivity index (χ3v) is 4.29. The van der Waals surface area contributed by atoms with Crippen LogP contribution in [0.3, 0.4) is 0 Å². The highest BCUT2D eigenvalue weighted by atomic mass is 16.5. The van der Waals surface area contributed by atoms with Crippen LogP contribution in [-0.4, -0.2) is 63.3 Å². The van der Waals surface area contributed by atoms with Gasteiger partial charge >= 0.3 is 0 Å². The van der Waals surface area contributed by atoms with E-state index < -0.39 is 0 Å². The van der Waals surface area contributed by atoms with Crippen molar-refractivity contribution < 1.29 is 9.53 Å². The minimum Gasteiger partial charge on any atom is -0.478 e. The molecule has 1 aliphatic heterocycles. The molecule has 0 atom stereocenters. The van der Waals surface area contributed by atoms with E-state index in [4.69, 9.17) is 4.74 Å². The third kappa shape index (κ3) is 3.72. The fourth-order valence-corrected chi connectivity index (χ4v) is 2.82. The summed E-state index contributed by atoms with van der Waals surface area (Å²) in [5.41, 5.74) is 2.34. The number of piperazine rings is 1. The molecule has 0 radical (unpaired) electrons. The van der Waals surface area contributed by atoms with Gasteiger partial charge in [-0.15, -0.1) is 0 Å². The first-order valence-corrected chi connectivity index (χ1v) is 8.51. The van der Waals surface area contributed by atoms with Crippen molar-refractivity contribution in [3.05, 3.63) is 29.2 Å². The predicted octanol–water partition coefficient (Wildman–Crippen LogP) is 1.19. The monoisotopic (exact) mass is 344 g/mol. The largest absolute Gasteiger partial charge is 0.478 e. The molecule has 1 aliphatic rings. The zero-order valence-electron chi connectivity index (χ0n) is 15.2. The van der Waals surface area contributed by atoms with Crippen molar-refractivity contribution in [2.24, 2.45) is 7.05 Å². The second-order valence-electron chi connectivity index (χ2n) is 6.15. The molecule has 3 heterocycles. The number of carbonyl (C=O) groups excluding carboxylic acids is 1. The van der Waals surface area contributed by atoms with Crippen molar-refractivity contribution in [1.29, 1.82) is 0 Å². The fourth-order valence-electron chi connectivity index (χ4n) is 2.82. The van der Waals surface area contributed by atoms with E-state index >= 15 is 0 Å². The number of anilines is 1. The zero-order chi connectivity index (χ0) is 18.0. The first-order chi connectivity index (χ1) is 12.0. The molecule has 0 spiro atoms. The molecular weight excluding hydrogens is 320 g/mol. The maximum atomic E-state index is 12.6. The first-order valence-electron chi connectivity index (χ1n) is 8.51. The maximum absolute atomic E-state index is 12.6. The number of hydrogen-bond acceptors (Lipinski definition) is 6. The predicted molar refractivity (Wildman–Crippen MR) is 94.0 cm³/mol. The Morgan fingerprint density at radius 2 is 1.88 bits per heavy atom. The van der Waals surface area contributed by atoms with Crippen molar-refractivity contribution >= 4 is 11.9 Å². The Balaban J connectivity index is 1.66. The van der Waals surface area contributed by atoms with Crippen molar-refractivity contribution in [2.75, 3.05) is 37.7 Å². The van der Waals surface area contributed by atoms with E-state index in [0.29, 0.717) is 50.3 Å². The summed E-state index contributed by atoms with van der Waals surface area (Å²) in [6.45, 7) is 8.98. The van der Waals surface area contributed by atoms with Gasteiger partial charge in [-0.05, 0) is 26.8 Å². The number of aromatic nitrogens is 4. The van der Waals surface area contributed by atoms with Crippen LogP contribution in [0.25, 0.3) is 0 Å². The average molecular weight is 344 g/mol. The Hall–Kier alpha value is -2.64. The van der Waals surface area contributed by atoms with Gasteiger partial charge in [-0.2, -0.15) is 10.1 Å². The molecule has 1 saturated heterocycles. The molecule has 2 aromatic heterocycles. The molecule has 134 valence electrons. The molecule has 0 aromatic carbocycles. The van der Waals surface area contributed by atoms with Crippen LogP contribution in [-0.2, 0) is 7.05 Å². The summed E-state index contributed by atoms with van der Waals surface area (Å²) in [5, 5.41) is 4.28. The lowest BCUT2D eigenvalue weighted by Crippen LogP contribution is -2.49. The zero-order valence-corrected chi connectivity index (χ0v) is 15.2. The number of carbonyl (C=O) groups is 1. The topological polar surface area (TPSA) is 76.4 Å². The van der Waals surface area contributed by atoms with Crippen LogP contribution in [0.1, 0.15) is 28.8 Å². The molecular formula is C17H24N6O2. The van der Waals surface area contributed by atoms with Crippen LogP contribution in [0, 0.1) is 13.8 Å². The highest BCUT2D eigenvalue weighted by Crippen LogP contribution is 2.18. The van der Waals surface area contributed by atoms with Gasteiger partial charge in [0.1, 0.15) is 0 Å². The van der Waals surface area contributed by atoms with Crippen molar-refractivity contribution in [1.82, 2.24) is 24.6 Å². The lowest BCUT2D eigenvalue weighted by molar-refractivity contribution is 0.0739. The molecule has 0 bridgehead atoms. The Morgan fingerprint density at radius 3 is 2.48 bits per heavy atom. The highest BCUT2D eigenvalue weighted by molar-refractivity contribution is 5.92. The van der Waals surface area contributed by atoms with E-state index in [1.165, 1.54) is 0 Å². The van der Waals surface area contributed by atoms with Crippen LogP contribution in [0.5, 0.6) is 5.88 Å².